The van der Waals surface area contributed by atoms with Gasteiger partial charge in [-0.15, -0.1) is 11.3 Å². The Bertz CT molecular complexity index is 1070. The van der Waals surface area contributed by atoms with Gasteiger partial charge in [0.15, 0.2) is 5.13 Å². The van der Waals surface area contributed by atoms with E-state index >= 15 is 0 Å². The summed E-state index contributed by atoms with van der Waals surface area (Å²) >= 11 is 1.40. The predicted molar refractivity (Wildman–Crippen MR) is 121 cm³/mol. The maximum absolute atomic E-state index is 12.6. The predicted octanol–water partition coefficient (Wildman–Crippen LogP) is 3.01. The van der Waals surface area contributed by atoms with Crippen molar-refractivity contribution in [2.45, 2.75) is 39.5 Å². The molecule has 0 unspecified atom stereocenters. The molecule has 8 nitrogen and oxygen atoms in total. The largest absolute Gasteiger partial charge is 0.343 e. The first-order valence-corrected chi connectivity index (χ1v) is 11.7. The molecule has 0 bridgehead atoms. The van der Waals surface area contributed by atoms with E-state index in [9.17, 15) is 19.2 Å². The number of nitrogens with zero attached hydrogens (tertiary/aromatic N) is 3. The summed E-state index contributed by atoms with van der Waals surface area (Å²) in [5.74, 6) is -0.771. The molecule has 1 fully saturated rings. The minimum Gasteiger partial charge on any atom is -0.343 e. The molecule has 0 spiro atoms. The molecule has 168 valence electrons. The van der Waals surface area contributed by atoms with Gasteiger partial charge in [-0.1, -0.05) is 11.6 Å². The number of rotatable bonds is 6. The van der Waals surface area contributed by atoms with Gasteiger partial charge in [-0.3, -0.25) is 24.1 Å². The smallest absolute Gasteiger partial charge is 0.261 e. The fraction of sp³-hybridized carbons (Fsp3) is 0.435. The van der Waals surface area contributed by atoms with Crippen molar-refractivity contribution in [3.8, 4) is 0 Å². The normalized spacial score (nSPS) is 16.4. The number of aromatic nitrogens is 1. The van der Waals surface area contributed by atoms with Crippen LogP contribution < -0.4 is 5.32 Å². The zero-order valence-corrected chi connectivity index (χ0v) is 19.0. The number of carbonyl (C=O) groups excluding carboxylic acids is 4. The lowest BCUT2D eigenvalue weighted by Crippen LogP contribution is -2.41. The lowest BCUT2D eigenvalue weighted by Gasteiger charge is -2.31. The van der Waals surface area contributed by atoms with E-state index in [1.165, 1.54) is 16.2 Å². The van der Waals surface area contributed by atoms with Gasteiger partial charge in [-0.05, 0) is 45.2 Å². The molecule has 1 aromatic carbocycles. The van der Waals surface area contributed by atoms with Gasteiger partial charge in [0.2, 0.25) is 11.8 Å². The number of anilines is 1. The zero-order chi connectivity index (χ0) is 22.8. The van der Waals surface area contributed by atoms with Crippen molar-refractivity contribution in [1.29, 1.82) is 0 Å². The average Bonchev–Trinajstić information content (AvgIpc) is 3.29. The van der Waals surface area contributed by atoms with Crippen LogP contribution in [0.4, 0.5) is 5.13 Å². The molecule has 4 rings (SSSR count). The quantitative estimate of drug-likeness (QED) is 0.677. The highest BCUT2D eigenvalue weighted by Gasteiger charge is 2.35. The maximum Gasteiger partial charge on any atom is 0.261 e. The lowest BCUT2D eigenvalue weighted by molar-refractivity contribution is -0.134. The Morgan fingerprint density at radius 2 is 1.84 bits per heavy atom. The summed E-state index contributed by atoms with van der Waals surface area (Å²) in [7, 11) is 0. The molecule has 9 heteroatoms. The van der Waals surface area contributed by atoms with Crippen LogP contribution in [0, 0.1) is 19.8 Å². The number of fused-ring (bicyclic) bond motifs is 1. The topological polar surface area (TPSA) is 99.7 Å². The number of carbonyl (C=O) groups is 4. The SMILES string of the molecule is Cc1ccc2c(c1)C(=O)N(CCCC(=O)N1CCC(C(=O)Nc3nc(C)cs3)CC1)C2=O. The first kappa shape index (κ1) is 22.1. The van der Waals surface area contributed by atoms with Gasteiger partial charge in [0.25, 0.3) is 11.8 Å². The third kappa shape index (κ3) is 4.57. The molecule has 1 aromatic heterocycles. The molecule has 0 saturated carbocycles. The standard InChI is InChI=1S/C23H26N4O4S/c1-14-5-6-17-18(12-14)22(31)27(21(17)30)9-3-4-19(28)26-10-7-16(8-11-26)20(29)25-23-24-15(2)13-32-23/h5-6,12-13,16H,3-4,7-11H2,1-2H3,(H,24,25,29). The molecule has 0 radical (unpaired) electrons. The van der Waals surface area contributed by atoms with Gasteiger partial charge in [0.1, 0.15) is 0 Å². The number of hydrogen-bond donors (Lipinski definition) is 1. The van der Waals surface area contributed by atoms with E-state index in [4.69, 9.17) is 0 Å². The molecule has 32 heavy (non-hydrogen) atoms. The van der Waals surface area contributed by atoms with Crippen molar-refractivity contribution in [2.24, 2.45) is 5.92 Å². The number of amides is 4. The fourth-order valence-electron chi connectivity index (χ4n) is 4.16. The second-order valence-corrected chi connectivity index (χ2v) is 9.21. The molecule has 2 aliphatic heterocycles. The first-order valence-electron chi connectivity index (χ1n) is 10.8. The lowest BCUT2D eigenvalue weighted by atomic mass is 9.95. The molecule has 0 atom stereocenters. The van der Waals surface area contributed by atoms with Crippen molar-refractivity contribution in [3.05, 3.63) is 46.0 Å². The van der Waals surface area contributed by atoms with Crippen LogP contribution in [0.1, 0.15) is 57.7 Å². The average molecular weight is 455 g/mol. The molecule has 2 aromatic rings. The Hall–Kier alpha value is -3.07. The summed E-state index contributed by atoms with van der Waals surface area (Å²) in [6.45, 7) is 5.04. The monoisotopic (exact) mass is 454 g/mol. The highest BCUT2D eigenvalue weighted by Crippen LogP contribution is 2.25. The van der Waals surface area contributed by atoms with E-state index in [-0.39, 0.29) is 42.5 Å². The van der Waals surface area contributed by atoms with E-state index in [1.54, 1.807) is 17.0 Å². The molecule has 4 amide bonds. The summed E-state index contributed by atoms with van der Waals surface area (Å²) in [5, 5.41) is 5.35. The molecule has 1 N–H and O–H groups in total. The minimum atomic E-state index is -0.292. The van der Waals surface area contributed by atoms with Gasteiger partial charge >= 0.3 is 0 Å². The van der Waals surface area contributed by atoms with Crippen molar-refractivity contribution in [1.82, 2.24) is 14.8 Å². The van der Waals surface area contributed by atoms with Crippen LogP contribution in [0.15, 0.2) is 23.6 Å². The van der Waals surface area contributed by atoms with Crippen molar-refractivity contribution < 1.29 is 19.2 Å². The molecular formula is C23H26N4O4S. The maximum atomic E-state index is 12.6. The van der Waals surface area contributed by atoms with Gasteiger partial charge in [0, 0.05) is 37.4 Å². The summed E-state index contributed by atoms with van der Waals surface area (Å²) in [6.07, 6.45) is 1.91. The Balaban J connectivity index is 1.22. The van der Waals surface area contributed by atoms with Gasteiger partial charge < -0.3 is 10.2 Å². The number of thiazole rings is 1. The highest BCUT2D eigenvalue weighted by molar-refractivity contribution is 7.13. The fourth-order valence-corrected chi connectivity index (χ4v) is 4.86. The van der Waals surface area contributed by atoms with Crippen molar-refractivity contribution in [3.63, 3.8) is 0 Å². The van der Waals surface area contributed by atoms with E-state index in [0.29, 0.717) is 48.6 Å². The number of aryl methyl sites for hydroxylation is 2. The Morgan fingerprint density at radius 3 is 2.53 bits per heavy atom. The molecule has 2 aliphatic rings. The van der Waals surface area contributed by atoms with Gasteiger partial charge in [-0.2, -0.15) is 0 Å². The Kier molecular flexibility index (Phi) is 6.36. The highest BCUT2D eigenvalue weighted by atomic mass is 32.1. The number of imide groups is 1. The third-order valence-electron chi connectivity index (χ3n) is 5.97. The zero-order valence-electron chi connectivity index (χ0n) is 18.2. The van der Waals surface area contributed by atoms with E-state index in [2.05, 4.69) is 10.3 Å². The summed E-state index contributed by atoms with van der Waals surface area (Å²) < 4.78 is 0. The number of piperidine rings is 1. The number of hydrogen-bond acceptors (Lipinski definition) is 6. The van der Waals surface area contributed by atoms with E-state index in [1.807, 2.05) is 25.3 Å². The van der Waals surface area contributed by atoms with E-state index in [0.717, 1.165) is 11.3 Å². The Labute approximate surface area is 190 Å². The molecule has 0 aliphatic carbocycles. The molecule has 3 heterocycles. The van der Waals surface area contributed by atoms with Crippen LogP contribution in [0.25, 0.3) is 0 Å². The Morgan fingerprint density at radius 1 is 1.12 bits per heavy atom. The van der Waals surface area contributed by atoms with Crippen LogP contribution in [-0.4, -0.2) is 58.0 Å². The second kappa shape index (κ2) is 9.20. The van der Waals surface area contributed by atoms with Crippen LogP contribution >= 0.6 is 11.3 Å². The molecule has 1 saturated heterocycles. The van der Waals surface area contributed by atoms with Crippen molar-refractivity contribution >= 4 is 40.1 Å². The van der Waals surface area contributed by atoms with Gasteiger partial charge in [-0.25, -0.2) is 4.98 Å². The van der Waals surface area contributed by atoms with Crippen LogP contribution in [0.5, 0.6) is 0 Å². The molecular weight excluding hydrogens is 428 g/mol. The van der Waals surface area contributed by atoms with Crippen LogP contribution in [-0.2, 0) is 9.59 Å². The number of nitrogens with one attached hydrogen (secondary N) is 1. The minimum absolute atomic E-state index is 0.00754. The summed E-state index contributed by atoms with van der Waals surface area (Å²) in [4.78, 5) is 57.3. The summed E-state index contributed by atoms with van der Waals surface area (Å²) in [5.41, 5.74) is 2.68. The first-order chi connectivity index (χ1) is 15.3. The van der Waals surface area contributed by atoms with Crippen LogP contribution in [0.2, 0.25) is 0 Å². The summed E-state index contributed by atoms with van der Waals surface area (Å²) in [6, 6.07) is 5.24. The third-order valence-corrected chi connectivity index (χ3v) is 6.84. The number of benzene rings is 1. The number of likely N-dealkylation sites (tertiary alicyclic amines) is 1. The van der Waals surface area contributed by atoms with Crippen molar-refractivity contribution in [2.75, 3.05) is 25.0 Å². The van der Waals surface area contributed by atoms with Gasteiger partial charge in [0.05, 0.1) is 16.8 Å². The second-order valence-electron chi connectivity index (χ2n) is 8.35. The van der Waals surface area contributed by atoms with E-state index < -0.39 is 0 Å². The van der Waals surface area contributed by atoms with Crippen LogP contribution in [0.3, 0.4) is 0 Å².